The Morgan fingerprint density at radius 2 is 1.45 bits per heavy atom. The lowest BCUT2D eigenvalue weighted by Gasteiger charge is -2.26. The molecule has 0 bridgehead atoms. The molecule has 47 heavy (non-hydrogen) atoms. The third-order valence-electron chi connectivity index (χ3n) is 7.00. The Balaban J connectivity index is 1.36. The van der Waals surface area contributed by atoms with Gasteiger partial charge >= 0.3 is 6.03 Å². The molecule has 242 valence electrons. The van der Waals surface area contributed by atoms with Crippen molar-refractivity contribution in [2.24, 2.45) is 0 Å². The Bertz CT molecular complexity index is 1790. The predicted molar refractivity (Wildman–Crippen MR) is 177 cm³/mol. The first-order valence-corrected chi connectivity index (χ1v) is 15.3. The third-order valence-corrected chi connectivity index (χ3v) is 7.28. The monoisotopic (exact) mass is 656 g/mol. The number of nitrogens with one attached hydrogen (secondary N) is 1. The lowest BCUT2D eigenvalue weighted by molar-refractivity contribution is -0.122. The van der Waals surface area contributed by atoms with Crippen LogP contribution in [0.3, 0.4) is 0 Å². The van der Waals surface area contributed by atoms with Gasteiger partial charge in [0.25, 0.3) is 11.8 Å². The summed E-state index contributed by atoms with van der Waals surface area (Å²) in [4.78, 5) is 39.6. The second-order valence-electron chi connectivity index (χ2n) is 10.2. The van der Waals surface area contributed by atoms with Gasteiger partial charge in [0.2, 0.25) is 0 Å². The molecule has 0 radical (unpaired) electrons. The van der Waals surface area contributed by atoms with E-state index in [9.17, 15) is 14.4 Å². The quantitative estimate of drug-likeness (QED) is 0.121. The summed E-state index contributed by atoms with van der Waals surface area (Å²) in [6.07, 6.45) is 1.35. The van der Waals surface area contributed by atoms with E-state index in [1.807, 2.05) is 62.4 Å². The summed E-state index contributed by atoms with van der Waals surface area (Å²) in [7, 11) is 1.50. The van der Waals surface area contributed by atoms with Gasteiger partial charge in [0, 0.05) is 0 Å². The second kappa shape index (κ2) is 15.2. The van der Waals surface area contributed by atoms with Crippen molar-refractivity contribution in [1.29, 1.82) is 0 Å². The van der Waals surface area contributed by atoms with Gasteiger partial charge in [-0.1, -0.05) is 48.0 Å². The highest BCUT2D eigenvalue weighted by Gasteiger charge is 2.37. The van der Waals surface area contributed by atoms with Gasteiger partial charge in [-0.15, -0.1) is 0 Å². The van der Waals surface area contributed by atoms with Gasteiger partial charge in [0.1, 0.15) is 24.5 Å². The molecule has 4 aromatic rings. The number of urea groups is 1. The Hall–Kier alpha value is -5.48. The number of barbiturate groups is 1. The number of hydrogen-bond acceptors (Lipinski definition) is 8. The molecule has 1 aliphatic rings. The van der Waals surface area contributed by atoms with Gasteiger partial charge in [-0.2, -0.15) is 0 Å². The van der Waals surface area contributed by atoms with Crippen LogP contribution in [0.25, 0.3) is 6.08 Å². The molecule has 5 rings (SSSR count). The number of hydrogen-bond donors (Lipinski definition) is 1. The summed E-state index contributed by atoms with van der Waals surface area (Å²) < 4.78 is 28.9. The first-order valence-electron chi connectivity index (χ1n) is 14.9. The summed E-state index contributed by atoms with van der Waals surface area (Å²) in [5.74, 6) is 0.711. The van der Waals surface area contributed by atoms with Crippen LogP contribution in [0.4, 0.5) is 10.5 Å². The maximum Gasteiger partial charge on any atom is 0.335 e. The number of ether oxygens (including phenoxy) is 5. The van der Waals surface area contributed by atoms with Gasteiger partial charge in [0.05, 0.1) is 31.0 Å². The van der Waals surface area contributed by atoms with Crippen LogP contribution in [-0.4, -0.2) is 38.2 Å². The van der Waals surface area contributed by atoms with Crippen LogP contribution >= 0.6 is 11.6 Å². The van der Waals surface area contributed by atoms with Crippen molar-refractivity contribution >= 4 is 41.2 Å². The topological polar surface area (TPSA) is 113 Å². The van der Waals surface area contributed by atoms with Crippen LogP contribution in [0.2, 0.25) is 5.02 Å². The highest BCUT2D eigenvalue weighted by Crippen LogP contribution is 2.39. The number of benzene rings is 4. The molecule has 0 unspecified atom stereocenters. The number of anilines is 1. The lowest BCUT2D eigenvalue weighted by Crippen LogP contribution is -2.54. The standard InChI is InChI=1S/C36H33ClN2O8/c1-4-44-31-19-24(11-16-30(31)46-21-23-9-7-6-8-10-23)22-47-33-29(37)18-25(20-32(33)45-5-2)17-28-34(40)38-36(42)39(35(28)41)26-12-14-27(43-3)15-13-26/h6-20H,4-5,21-22H2,1-3H3,(H,38,40,42)/b28-17+. The first-order chi connectivity index (χ1) is 22.8. The molecule has 1 aliphatic heterocycles. The number of carbonyl (C=O) groups excluding carboxylic acids is 3. The van der Waals surface area contributed by atoms with Crippen molar-refractivity contribution in [2.75, 3.05) is 25.2 Å². The summed E-state index contributed by atoms with van der Waals surface area (Å²) in [6.45, 7) is 4.99. The molecular formula is C36H33ClN2O8. The van der Waals surface area contributed by atoms with E-state index in [0.29, 0.717) is 48.4 Å². The zero-order chi connectivity index (χ0) is 33.3. The molecule has 0 spiro atoms. The number of amides is 4. The van der Waals surface area contributed by atoms with E-state index in [0.717, 1.165) is 16.0 Å². The predicted octanol–water partition coefficient (Wildman–Crippen LogP) is 6.97. The van der Waals surface area contributed by atoms with Crippen LogP contribution in [0.1, 0.15) is 30.5 Å². The number of rotatable bonds is 13. The van der Waals surface area contributed by atoms with E-state index in [2.05, 4.69) is 5.32 Å². The fourth-order valence-corrected chi connectivity index (χ4v) is 5.06. The fourth-order valence-electron chi connectivity index (χ4n) is 4.78. The van der Waals surface area contributed by atoms with Crippen molar-refractivity contribution in [2.45, 2.75) is 27.1 Å². The van der Waals surface area contributed by atoms with Crippen molar-refractivity contribution in [3.8, 4) is 28.7 Å². The van der Waals surface area contributed by atoms with E-state index in [1.165, 1.54) is 13.2 Å². The summed E-state index contributed by atoms with van der Waals surface area (Å²) in [5, 5.41) is 2.41. The van der Waals surface area contributed by atoms with E-state index >= 15 is 0 Å². The minimum absolute atomic E-state index is 0.138. The molecule has 4 amide bonds. The van der Waals surface area contributed by atoms with Gasteiger partial charge in [-0.3, -0.25) is 14.9 Å². The van der Waals surface area contributed by atoms with Crippen LogP contribution in [0, 0.1) is 0 Å². The highest BCUT2D eigenvalue weighted by atomic mass is 35.5. The van der Waals surface area contributed by atoms with E-state index in [4.69, 9.17) is 35.3 Å². The Morgan fingerprint density at radius 3 is 2.15 bits per heavy atom. The summed E-state index contributed by atoms with van der Waals surface area (Å²) in [6, 6.07) is 24.0. The van der Waals surface area contributed by atoms with Crippen LogP contribution in [0.5, 0.6) is 28.7 Å². The molecule has 1 saturated heterocycles. The minimum atomic E-state index is -0.859. The third kappa shape index (κ3) is 7.85. The van der Waals surface area contributed by atoms with E-state index in [1.54, 1.807) is 36.4 Å². The molecule has 0 aliphatic carbocycles. The maximum atomic E-state index is 13.4. The van der Waals surface area contributed by atoms with Gasteiger partial charge < -0.3 is 23.7 Å². The SMILES string of the molecule is CCOc1cc(COc2c(Cl)cc(/C=C3\C(=O)NC(=O)N(c4ccc(OC)cc4)C3=O)cc2OCC)ccc1OCc1ccccc1. The molecule has 1 heterocycles. The number of methoxy groups -OCH3 is 1. The smallest absolute Gasteiger partial charge is 0.335 e. The zero-order valence-corrected chi connectivity index (χ0v) is 26.8. The van der Waals surface area contributed by atoms with Crippen LogP contribution in [-0.2, 0) is 22.8 Å². The summed E-state index contributed by atoms with van der Waals surface area (Å²) in [5.41, 5.74) is 2.25. The van der Waals surface area contributed by atoms with Gasteiger partial charge in [0.15, 0.2) is 23.0 Å². The Morgan fingerprint density at radius 1 is 0.745 bits per heavy atom. The number of imide groups is 2. The molecule has 11 heteroatoms. The molecule has 0 aromatic heterocycles. The van der Waals surface area contributed by atoms with E-state index < -0.39 is 17.8 Å². The van der Waals surface area contributed by atoms with Gasteiger partial charge in [-0.05, 0) is 85.1 Å². The molecule has 1 fully saturated rings. The lowest BCUT2D eigenvalue weighted by atomic mass is 10.1. The minimum Gasteiger partial charge on any atom is -0.497 e. The Kier molecular flexibility index (Phi) is 10.6. The van der Waals surface area contributed by atoms with Crippen LogP contribution in [0.15, 0.2) is 90.5 Å². The van der Waals surface area contributed by atoms with E-state index in [-0.39, 0.29) is 28.6 Å². The second-order valence-corrected chi connectivity index (χ2v) is 10.6. The maximum absolute atomic E-state index is 13.4. The molecule has 0 saturated carbocycles. The number of halogens is 1. The molecular weight excluding hydrogens is 624 g/mol. The first kappa shape index (κ1) is 32.9. The largest absolute Gasteiger partial charge is 0.497 e. The summed E-state index contributed by atoms with van der Waals surface area (Å²) >= 11 is 6.67. The average Bonchev–Trinajstić information content (AvgIpc) is 3.07. The van der Waals surface area contributed by atoms with Crippen molar-refractivity contribution < 1.29 is 38.1 Å². The number of carbonyl (C=O) groups is 3. The molecule has 1 N–H and O–H groups in total. The van der Waals surface area contributed by atoms with Gasteiger partial charge in [-0.25, -0.2) is 9.69 Å². The number of nitrogens with zero attached hydrogens (tertiary/aromatic N) is 1. The van der Waals surface area contributed by atoms with Crippen molar-refractivity contribution in [1.82, 2.24) is 5.32 Å². The zero-order valence-electron chi connectivity index (χ0n) is 26.1. The van der Waals surface area contributed by atoms with Crippen LogP contribution < -0.4 is 33.9 Å². The average molecular weight is 657 g/mol. The highest BCUT2D eigenvalue weighted by molar-refractivity contribution is 6.39. The van der Waals surface area contributed by atoms with Crippen molar-refractivity contribution in [3.05, 3.63) is 112 Å². The molecule has 0 atom stereocenters. The van der Waals surface area contributed by atoms with Crippen molar-refractivity contribution in [3.63, 3.8) is 0 Å². The molecule has 4 aromatic carbocycles. The molecule has 10 nitrogen and oxygen atoms in total. The fraction of sp³-hybridized carbons (Fsp3) is 0.194. The normalized spacial score (nSPS) is 13.7. The Labute approximate surface area is 277 Å².